The Labute approximate surface area is 254 Å². The largest absolute Gasteiger partial charge is 0.494 e. The van der Waals surface area contributed by atoms with Crippen molar-refractivity contribution in [1.82, 2.24) is 15.4 Å². The van der Waals surface area contributed by atoms with Crippen molar-refractivity contribution >= 4 is 34.3 Å². The van der Waals surface area contributed by atoms with E-state index < -0.39 is 11.7 Å². The monoisotopic (exact) mass is 599 g/mol. The summed E-state index contributed by atoms with van der Waals surface area (Å²) < 4.78 is 19.5. The molecule has 1 heterocycles. The maximum absolute atomic E-state index is 14.4. The van der Waals surface area contributed by atoms with Gasteiger partial charge in [-0.15, -0.1) is 0 Å². The first-order chi connectivity index (χ1) is 20.8. The Hall–Kier alpha value is -4.53. The molecule has 0 aliphatic carbocycles. The van der Waals surface area contributed by atoms with Crippen LogP contribution in [0.4, 0.5) is 4.39 Å². The molecule has 5 rings (SSSR count). The second-order valence-electron chi connectivity index (χ2n) is 10.2. The highest BCUT2D eigenvalue weighted by molar-refractivity contribution is 6.34. The third-order valence-corrected chi connectivity index (χ3v) is 7.73. The molecule has 0 saturated heterocycles. The van der Waals surface area contributed by atoms with Gasteiger partial charge in [0.2, 0.25) is 0 Å². The molecule has 220 valence electrons. The number of carbonyl (C=O) groups excluding carboxylic acids is 2. The molecule has 2 N–H and O–H groups in total. The number of amides is 1. The van der Waals surface area contributed by atoms with Gasteiger partial charge in [0.1, 0.15) is 5.82 Å². The smallest absolute Gasteiger partial charge is 0.275 e. The normalized spacial score (nSPS) is 11.8. The number of hydrogen-bond acceptors (Lipinski definition) is 5. The van der Waals surface area contributed by atoms with Crippen LogP contribution in [0.2, 0.25) is 5.02 Å². The van der Waals surface area contributed by atoms with Crippen molar-refractivity contribution in [3.63, 3.8) is 0 Å². The molecule has 0 radical (unpaired) electrons. The van der Waals surface area contributed by atoms with E-state index in [0.29, 0.717) is 50.6 Å². The Balaban J connectivity index is 1.59. The van der Waals surface area contributed by atoms with Crippen LogP contribution in [-0.4, -0.2) is 35.9 Å². The molecule has 1 aromatic heterocycles. The maximum Gasteiger partial charge on any atom is 0.275 e. The highest BCUT2D eigenvalue weighted by Crippen LogP contribution is 2.40. The number of rotatable bonds is 11. The van der Waals surface area contributed by atoms with E-state index in [4.69, 9.17) is 21.2 Å². The minimum Gasteiger partial charge on any atom is -0.494 e. The number of aromatic amines is 1. The predicted molar refractivity (Wildman–Crippen MR) is 166 cm³/mol. The van der Waals surface area contributed by atoms with Crippen LogP contribution in [0.25, 0.3) is 33.5 Å². The lowest BCUT2D eigenvalue weighted by atomic mass is 9.87. The number of ether oxygens (including phenoxy) is 1. The molecule has 0 aliphatic heterocycles. The molecule has 0 fully saturated rings. The van der Waals surface area contributed by atoms with Crippen LogP contribution in [-0.2, 0) is 4.84 Å². The van der Waals surface area contributed by atoms with Gasteiger partial charge in [0.15, 0.2) is 17.3 Å². The Morgan fingerprint density at radius 2 is 1.79 bits per heavy atom. The van der Waals surface area contributed by atoms with Gasteiger partial charge in [0.25, 0.3) is 5.91 Å². The lowest BCUT2D eigenvalue weighted by Gasteiger charge is -2.18. The fourth-order valence-corrected chi connectivity index (χ4v) is 5.64. The molecule has 4 aromatic carbocycles. The molecule has 1 atom stereocenters. The van der Waals surface area contributed by atoms with E-state index in [9.17, 15) is 14.0 Å². The molecule has 0 saturated carbocycles. The van der Waals surface area contributed by atoms with Gasteiger partial charge < -0.3 is 9.72 Å². The lowest BCUT2D eigenvalue weighted by Crippen LogP contribution is -2.23. The van der Waals surface area contributed by atoms with E-state index in [1.54, 1.807) is 36.4 Å². The Morgan fingerprint density at radius 3 is 2.51 bits per heavy atom. The van der Waals surface area contributed by atoms with Crippen LogP contribution in [0.15, 0.2) is 78.9 Å². The Kier molecular flexibility index (Phi) is 9.19. The van der Waals surface area contributed by atoms with Crippen LogP contribution in [0.3, 0.4) is 0 Å². The molecule has 0 aliphatic rings. The number of fused-ring (bicyclic) bond motifs is 1. The third-order valence-electron chi connectivity index (χ3n) is 7.41. The van der Waals surface area contributed by atoms with Gasteiger partial charge in [-0.3, -0.25) is 14.4 Å². The molecule has 0 unspecified atom stereocenters. The van der Waals surface area contributed by atoms with Gasteiger partial charge in [0.05, 0.1) is 30.8 Å². The summed E-state index contributed by atoms with van der Waals surface area (Å²) in [7, 11) is 2.73. The average molecular weight is 600 g/mol. The number of hydroxylamine groups is 1. The maximum atomic E-state index is 14.4. The van der Waals surface area contributed by atoms with Gasteiger partial charge in [-0.2, -0.15) is 0 Å². The summed E-state index contributed by atoms with van der Waals surface area (Å²) in [6.45, 7) is 2.10. The lowest BCUT2D eigenvalue weighted by molar-refractivity contribution is 0.0538. The third kappa shape index (κ3) is 6.30. The standard InChI is InChI=1S/C34H31ClFN3O4/c1-4-9-21(20-10-6-5-7-11-20)17-30(40)22-14-15-23(25(16-22)34(41)39-43-3)32-24(12-8-13-26(32)35)33-37-28-18-27(36)31(42-2)19-29(28)38-33/h5-8,10-16,18-19,21H,4,9,17H2,1-3H3,(H,37,38)(H,39,41)/t21-/m0/s1. The van der Waals surface area contributed by atoms with Crippen molar-refractivity contribution in [3.05, 3.63) is 106 Å². The number of methoxy groups -OCH3 is 1. The minimum absolute atomic E-state index is 0.0568. The van der Waals surface area contributed by atoms with Gasteiger partial charge in [-0.25, -0.2) is 14.9 Å². The van der Waals surface area contributed by atoms with Crippen LogP contribution >= 0.6 is 11.6 Å². The number of nitrogens with zero attached hydrogens (tertiary/aromatic N) is 1. The quantitative estimate of drug-likeness (QED) is 0.118. The molecule has 9 heteroatoms. The molecular weight excluding hydrogens is 569 g/mol. The van der Waals surface area contributed by atoms with Crippen molar-refractivity contribution < 1.29 is 23.6 Å². The van der Waals surface area contributed by atoms with E-state index in [2.05, 4.69) is 22.4 Å². The molecule has 5 aromatic rings. The van der Waals surface area contributed by atoms with Crippen molar-refractivity contribution in [3.8, 4) is 28.3 Å². The van der Waals surface area contributed by atoms with Crippen LogP contribution in [0.5, 0.6) is 5.75 Å². The molecule has 7 nitrogen and oxygen atoms in total. The van der Waals surface area contributed by atoms with E-state index in [1.165, 1.54) is 26.4 Å². The van der Waals surface area contributed by atoms with Crippen LogP contribution in [0.1, 0.15) is 58.4 Å². The fourth-order valence-electron chi connectivity index (χ4n) is 5.36. The number of halogens is 2. The number of imidazole rings is 1. The number of aromatic nitrogens is 2. The summed E-state index contributed by atoms with van der Waals surface area (Å²) in [6.07, 6.45) is 2.10. The van der Waals surface area contributed by atoms with Crippen molar-refractivity contribution in [1.29, 1.82) is 0 Å². The zero-order valence-corrected chi connectivity index (χ0v) is 24.8. The number of nitrogens with one attached hydrogen (secondary N) is 2. The summed E-state index contributed by atoms with van der Waals surface area (Å²) in [4.78, 5) is 39.6. The van der Waals surface area contributed by atoms with Gasteiger partial charge in [0, 0.05) is 40.3 Å². The van der Waals surface area contributed by atoms with E-state index >= 15 is 0 Å². The molecule has 0 spiro atoms. The van der Waals surface area contributed by atoms with E-state index in [0.717, 1.165) is 18.4 Å². The average Bonchev–Trinajstić information content (AvgIpc) is 3.43. The van der Waals surface area contributed by atoms with Gasteiger partial charge >= 0.3 is 0 Å². The first kappa shape index (κ1) is 29.9. The predicted octanol–water partition coefficient (Wildman–Crippen LogP) is 8.15. The molecular formula is C34H31ClFN3O4. The second-order valence-corrected chi connectivity index (χ2v) is 10.6. The first-order valence-electron chi connectivity index (χ1n) is 13.9. The second kappa shape index (κ2) is 13.2. The zero-order valence-electron chi connectivity index (χ0n) is 24.0. The zero-order chi connectivity index (χ0) is 30.5. The SMILES string of the molecule is CCC[C@@H](CC(=O)c1ccc(-c2c(Cl)cccc2-c2nc3cc(OC)c(F)cc3[nH]2)c(C(=O)NOC)c1)c1ccccc1. The number of benzene rings is 4. The van der Waals surface area contributed by atoms with Crippen molar-refractivity contribution in [2.24, 2.45) is 0 Å². The molecule has 0 bridgehead atoms. The van der Waals surface area contributed by atoms with E-state index in [1.807, 2.05) is 30.3 Å². The van der Waals surface area contributed by atoms with Crippen LogP contribution < -0.4 is 10.2 Å². The Morgan fingerprint density at radius 1 is 1.00 bits per heavy atom. The fraction of sp³-hybridized carbons (Fsp3) is 0.206. The number of carbonyl (C=O) groups is 2. The summed E-state index contributed by atoms with van der Waals surface area (Å²) >= 11 is 6.76. The number of H-pyrrole nitrogens is 1. The van der Waals surface area contributed by atoms with Crippen molar-refractivity contribution in [2.75, 3.05) is 14.2 Å². The number of ketones is 1. The van der Waals surface area contributed by atoms with Gasteiger partial charge in [-0.1, -0.05) is 79.5 Å². The number of hydrogen-bond donors (Lipinski definition) is 2. The topological polar surface area (TPSA) is 93.3 Å². The molecule has 43 heavy (non-hydrogen) atoms. The first-order valence-corrected chi connectivity index (χ1v) is 14.3. The van der Waals surface area contributed by atoms with Gasteiger partial charge in [-0.05, 0) is 35.6 Å². The van der Waals surface area contributed by atoms with E-state index in [-0.39, 0.29) is 23.0 Å². The summed E-state index contributed by atoms with van der Waals surface area (Å²) in [5.74, 6) is -0.589. The number of Topliss-reactive ketones (excluding diaryl/α,β-unsaturated/α-hetero) is 1. The summed E-state index contributed by atoms with van der Waals surface area (Å²) in [6, 6.07) is 23.1. The summed E-state index contributed by atoms with van der Waals surface area (Å²) in [5.41, 5.74) is 6.63. The Bertz CT molecular complexity index is 1790. The van der Waals surface area contributed by atoms with Crippen LogP contribution in [0, 0.1) is 5.82 Å². The highest BCUT2D eigenvalue weighted by atomic mass is 35.5. The highest BCUT2D eigenvalue weighted by Gasteiger charge is 2.24. The summed E-state index contributed by atoms with van der Waals surface area (Å²) in [5, 5.41) is 0.361. The molecule has 1 amide bonds. The van der Waals surface area contributed by atoms with Crippen molar-refractivity contribution in [2.45, 2.75) is 32.1 Å². The minimum atomic E-state index is -0.539.